The number of nitrogens with one attached hydrogen (secondary N) is 1. The molecule has 9 heteroatoms. The number of aromatic nitrogens is 3. The van der Waals surface area contributed by atoms with Crippen LogP contribution in [-0.4, -0.2) is 65.2 Å². The summed E-state index contributed by atoms with van der Waals surface area (Å²) in [5.41, 5.74) is 3.62. The summed E-state index contributed by atoms with van der Waals surface area (Å²) in [6.45, 7) is 9.73. The molecule has 5 heterocycles. The van der Waals surface area contributed by atoms with E-state index in [9.17, 15) is 9.59 Å². The first-order valence-electron chi connectivity index (χ1n) is 15.8. The molecule has 9 nitrogen and oxygen atoms in total. The predicted octanol–water partition coefficient (Wildman–Crippen LogP) is 5.20. The SMILES string of the molecule is CC#Cc1c[nH]c(=O)c(C2(C)CCN(C(=O)COCCCCc3nc(N4CCCC4)c4oc5ccccc5c4n3)CC2C)c1. The summed E-state index contributed by atoms with van der Waals surface area (Å²) in [6, 6.07) is 9.93. The minimum Gasteiger partial charge on any atom is -0.450 e. The largest absolute Gasteiger partial charge is 0.450 e. The van der Waals surface area contributed by atoms with Crippen molar-refractivity contribution in [2.75, 3.05) is 44.3 Å². The monoisotopic (exact) mass is 595 g/mol. The van der Waals surface area contributed by atoms with Gasteiger partial charge in [0, 0.05) is 67.3 Å². The van der Waals surface area contributed by atoms with Crippen LogP contribution in [0.4, 0.5) is 5.82 Å². The Kier molecular flexibility index (Phi) is 8.72. The Morgan fingerprint density at radius 3 is 2.80 bits per heavy atom. The fourth-order valence-electron chi connectivity index (χ4n) is 6.60. The topological polar surface area (TPSA) is 105 Å². The Hall–Kier alpha value is -4.16. The number of benzene rings is 1. The van der Waals surface area contributed by atoms with Gasteiger partial charge in [0.15, 0.2) is 11.4 Å². The van der Waals surface area contributed by atoms with E-state index in [-0.39, 0.29) is 29.4 Å². The lowest BCUT2D eigenvalue weighted by molar-refractivity contribution is -0.139. The average molecular weight is 596 g/mol. The highest BCUT2D eigenvalue weighted by molar-refractivity contribution is 6.05. The molecule has 6 rings (SSSR count). The number of furan rings is 1. The van der Waals surface area contributed by atoms with Crippen LogP contribution < -0.4 is 10.5 Å². The van der Waals surface area contributed by atoms with Gasteiger partial charge in [-0.1, -0.05) is 31.9 Å². The van der Waals surface area contributed by atoms with Crippen LogP contribution in [0, 0.1) is 17.8 Å². The first-order chi connectivity index (χ1) is 21.4. The van der Waals surface area contributed by atoms with Gasteiger partial charge in [0.25, 0.3) is 5.56 Å². The molecule has 230 valence electrons. The summed E-state index contributed by atoms with van der Waals surface area (Å²) in [5, 5.41) is 1.02. The van der Waals surface area contributed by atoms with E-state index >= 15 is 0 Å². The van der Waals surface area contributed by atoms with Crippen molar-refractivity contribution in [3.8, 4) is 11.8 Å². The number of piperidine rings is 1. The molecule has 3 aromatic heterocycles. The predicted molar refractivity (Wildman–Crippen MR) is 172 cm³/mol. The zero-order valence-electron chi connectivity index (χ0n) is 25.9. The minimum absolute atomic E-state index is 0.00529. The van der Waals surface area contributed by atoms with Crippen molar-refractivity contribution < 1.29 is 13.9 Å². The molecule has 0 bridgehead atoms. The van der Waals surface area contributed by atoms with Gasteiger partial charge in [-0.2, -0.15) is 0 Å². The molecular weight excluding hydrogens is 554 g/mol. The number of nitrogens with zero attached hydrogens (tertiary/aromatic N) is 4. The third-order valence-corrected chi connectivity index (χ3v) is 9.44. The van der Waals surface area contributed by atoms with Crippen LogP contribution >= 0.6 is 0 Å². The van der Waals surface area contributed by atoms with Gasteiger partial charge >= 0.3 is 0 Å². The molecule has 1 amide bonds. The van der Waals surface area contributed by atoms with Gasteiger partial charge in [-0.05, 0) is 63.1 Å². The van der Waals surface area contributed by atoms with Gasteiger partial charge in [-0.25, -0.2) is 9.97 Å². The average Bonchev–Trinajstić information content (AvgIpc) is 3.69. The maximum atomic E-state index is 13.0. The highest BCUT2D eigenvalue weighted by Gasteiger charge is 2.41. The Labute approximate surface area is 258 Å². The minimum atomic E-state index is -0.334. The number of hydrogen-bond donors (Lipinski definition) is 1. The van der Waals surface area contributed by atoms with Crippen LogP contribution in [0.2, 0.25) is 0 Å². The van der Waals surface area contributed by atoms with Gasteiger partial charge < -0.3 is 23.9 Å². The lowest BCUT2D eigenvalue weighted by Crippen LogP contribution is -2.51. The second kappa shape index (κ2) is 12.8. The molecule has 0 spiro atoms. The van der Waals surface area contributed by atoms with Crippen molar-refractivity contribution in [3.05, 3.63) is 63.8 Å². The molecular formula is C35H41N5O4. The fraction of sp³-hybridized carbons (Fsp3) is 0.486. The zero-order chi connectivity index (χ0) is 30.7. The van der Waals surface area contributed by atoms with Crippen LogP contribution in [-0.2, 0) is 21.4 Å². The van der Waals surface area contributed by atoms with Crippen LogP contribution in [0.5, 0.6) is 0 Å². The van der Waals surface area contributed by atoms with Crippen molar-refractivity contribution in [2.45, 2.75) is 64.7 Å². The van der Waals surface area contributed by atoms with E-state index in [1.54, 1.807) is 13.1 Å². The number of aromatic amines is 1. The number of para-hydroxylation sites is 1. The molecule has 2 saturated heterocycles. The smallest absolute Gasteiger partial charge is 0.251 e. The molecule has 2 aliphatic heterocycles. The molecule has 44 heavy (non-hydrogen) atoms. The number of hydrogen-bond acceptors (Lipinski definition) is 7. The van der Waals surface area contributed by atoms with Crippen LogP contribution in [0.15, 0.2) is 45.7 Å². The van der Waals surface area contributed by atoms with Crippen LogP contribution in [0.3, 0.4) is 0 Å². The maximum absolute atomic E-state index is 13.0. The van der Waals surface area contributed by atoms with Crippen molar-refractivity contribution in [1.29, 1.82) is 0 Å². The van der Waals surface area contributed by atoms with Crippen molar-refractivity contribution in [1.82, 2.24) is 19.9 Å². The number of amides is 1. The van der Waals surface area contributed by atoms with Crippen LogP contribution in [0.1, 0.15) is 69.8 Å². The molecule has 2 atom stereocenters. The van der Waals surface area contributed by atoms with E-state index in [4.69, 9.17) is 19.1 Å². The molecule has 1 aromatic carbocycles. The molecule has 2 aliphatic rings. The zero-order valence-corrected chi connectivity index (χ0v) is 25.9. The van der Waals surface area contributed by atoms with Gasteiger partial charge in [-0.3, -0.25) is 9.59 Å². The number of pyridine rings is 1. The first-order valence-corrected chi connectivity index (χ1v) is 15.8. The number of carbonyl (C=O) groups excluding carboxylic acids is 1. The normalized spacial score (nSPS) is 20.3. The van der Waals surface area contributed by atoms with Gasteiger partial charge in [0.2, 0.25) is 5.91 Å². The van der Waals surface area contributed by atoms with Gasteiger partial charge in [-0.15, -0.1) is 5.92 Å². The number of rotatable bonds is 9. The van der Waals surface area contributed by atoms with Crippen molar-refractivity contribution in [2.24, 2.45) is 5.92 Å². The quantitative estimate of drug-likeness (QED) is 0.209. The summed E-state index contributed by atoms with van der Waals surface area (Å²) in [7, 11) is 0. The number of fused-ring (bicyclic) bond motifs is 3. The maximum Gasteiger partial charge on any atom is 0.251 e. The summed E-state index contributed by atoms with van der Waals surface area (Å²) in [5.74, 6) is 7.75. The molecule has 0 radical (unpaired) electrons. The van der Waals surface area contributed by atoms with Crippen molar-refractivity contribution in [3.63, 3.8) is 0 Å². The highest BCUT2D eigenvalue weighted by Crippen LogP contribution is 2.38. The number of aryl methyl sites for hydroxylation is 1. The number of ether oxygens (including phenoxy) is 1. The summed E-state index contributed by atoms with van der Waals surface area (Å²) in [6.07, 6.45) is 7.11. The first kappa shape index (κ1) is 29.9. The van der Waals surface area contributed by atoms with Gasteiger partial charge in [0.05, 0.1) is 0 Å². The van der Waals surface area contributed by atoms with E-state index in [2.05, 4.69) is 41.6 Å². The second-order valence-corrected chi connectivity index (χ2v) is 12.4. The van der Waals surface area contributed by atoms with E-state index < -0.39 is 0 Å². The number of anilines is 1. The lowest BCUT2D eigenvalue weighted by Gasteiger charge is -2.44. The van der Waals surface area contributed by atoms with E-state index in [1.165, 1.54) is 0 Å². The van der Waals surface area contributed by atoms with E-state index in [0.29, 0.717) is 26.1 Å². The molecule has 1 N–H and O–H groups in total. The number of H-pyrrole nitrogens is 1. The Balaban J connectivity index is 1.01. The van der Waals surface area contributed by atoms with Gasteiger partial charge in [0.1, 0.15) is 23.5 Å². The highest BCUT2D eigenvalue weighted by atomic mass is 16.5. The number of carbonyl (C=O) groups is 1. The molecule has 2 fully saturated rings. The Morgan fingerprint density at radius 2 is 2.00 bits per heavy atom. The van der Waals surface area contributed by atoms with E-state index in [1.807, 2.05) is 29.2 Å². The summed E-state index contributed by atoms with van der Waals surface area (Å²) in [4.78, 5) is 42.6. The number of likely N-dealkylation sites (tertiary alicyclic amines) is 1. The Morgan fingerprint density at radius 1 is 1.18 bits per heavy atom. The Bertz CT molecular complexity index is 1780. The molecule has 4 aromatic rings. The second-order valence-electron chi connectivity index (χ2n) is 12.4. The summed E-state index contributed by atoms with van der Waals surface area (Å²) >= 11 is 0. The molecule has 0 aliphatic carbocycles. The summed E-state index contributed by atoms with van der Waals surface area (Å²) < 4.78 is 12.0. The van der Waals surface area contributed by atoms with Crippen LogP contribution in [0.25, 0.3) is 22.1 Å². The van der Waals surface area contributed by atoms with Crippen molar-refractivity contribution >= 4 is 33.8 Å². The lowest BCUT2D eigenvalue weighted by atomic mass is 9.68. The molecule has 2 unspecified atom stereocenters. The third kappa shape index (κ3) is 5.96. The molecule has 0 saturated carbocycles. The van der Waals surface area contributed by atoms with E-state index in [0.717, 1.165) is 90.0 Å². The fourth-order valence-corrected chi connectivity index (χ4v) is 6.60. The standard InChI is InChI=1S/C35H41N5O4/c1-4-11-25-20-27(34(42)36-21-25)35(3)15-18-40(22-24(35)2)30(41)23-43-19-10-7-14-29-37-31-26-12-5-6-13-28(26)44-32(31)33(38-29)39-16-8-9-17-39/h5-6,12-13,20-21,24H,7-10,14-19,22-23H2,1-3H3,(H,36,42). The number of unbranched alkanes of at least 4 members (excludes halogenated alkanes) is 1. The third-order valence-electron chi connectivity index (χ3n) is 9.44.